The van der Waals surface area contributed by atoms with Crippen molar-refractivity contribution in [3.8, 4) is 5.69 Å². The van der Waals surface area contributed by atoms with Crippen molar-refractivity contribution >= 4 is 29.3 Å². The fraction of sp³-hybridized carbons (Fsp3) is 0.200. The van der Waals surface area contributed by atoms with Gasteiger partial charge in [-0.15, -0.1) is 0 Å². The summed E-state index contributed by atoms with van der Waals surface area (Å²) in [6.45, 7) is 2.00. The monoisotopic (exact) mass is 385 g/mol. The molecule has 1 amide bonds. The van der Waals surface area contributed by atoms with Gasteiger partial charge in [-0.3, -0.25) is 9.36 Å². The minimum atomic E-state index is 0.00732. The van der Waals surface area contributed by atoms with Crippen LogP contribution in [0.5, 0.6) is 0 Å². The predicted octanol–water partition coefficient (Wildman–Crippen LogP) is 4.83. The van der Waals surface area contributed by atoms with Gasteiger partial charge in [0, 0.05) is 42.8 Å². The van der Waals surface area contributed by atoms with Crippen LogP contribution in [0.2, 0.25) is 5.02 Å². The number of hydrogen-bond acceptors (Lipinski definition) is 3. The summed E-state index contributed by atoms with van der Waals surface area (Å²) in [5.74, 6) is 0.735. The molecular weight excluding hydrogens is 366 g/mol. The molecule has 0 spiro atoms. The summed E-state index contributed by atoms with van der Waals surface area (Å²) in [6.07, 6.45) is 3.72. The van der Waals surface area contributed by atoms with Gasteiger partial charge >= 0.3 is 0 Å². The standard InChI is InChI=1S/C20H20ClN3OS/c1-14-17(21)8-5-9-18(14)24-11-10-22-20(24)26-13-15-6-4-7-16(12-15)19(25)23(2)3/h4-12H,13H2,1-3H3. The number of benzene rings is 2. The molecule has 0 aliphatic rings. The predicted molar refractivity (Wildman–Crippen MR) is 107 cm³/mol. The van der Waals surface area contributed by atoms with Gasteiger partial charge in [0.25, 0.3) is 5.91 Å². The average Bonchev–Trinajstić information content (AvgIpc) is 3.10. The Morgan fingerprint density at radius 1 is 1.23 bits per heavy atom. The van der Waals surface area contributed by atoms with Gasteiger partial charge in [-0.2, -0.15) is 0 Å². The van der Waals surface area contributed by atoms with E-state index in [0.29, 0.717) is 5.56 Å². The van der Waals surface area contributed by atoms with Gasteiger partial charge in [0.05, 0.1) is 5.69 Å². The Morgan fingerprint density at radius 3 is 2.77 bits per heavy atom. The lowest BCUT2D eigenvalue weighted by atomic mass is 10.1. The lowest BCUT2D eigenvalue weighted by Crippen LogP contribution is -2.21. The zero-order valence-corrected chi connectivity index (χ0v) is 16.5. The van der Waals surface area contributed by atoms with Crippen molar-refractivity contribution < 1.29 is 4.79 Å². The number of nitrogens with zero attached hydrogens (tertiary/aromatic N) is 3. The van der Waals surface area contributed by atoms with Gasteiger partial charge in [0.2, 0.25) is 0 Å². The largest absolute Gasteiger partial charge is 0.345 e. The third-order valence-electron chi connectivity index (χ3n) is 4.05. The second-order valence-corrected chi connectivity index (χ2v) is 7.50. The lowest BCUT2D eigenvalue weighted by Gasteiger charge is -2.12. The van der Waals surface area contributed by atoms with Crippen LogP contribution >= 0.6 is 23.4 Å². The van der Waals surface area contributed by atoms with Crippen molar-refractivity contribution in [1.82, 2.24) is 14.5 Å². The van der Waals surface area contributed by atoms with Crippen LogP contribution in [-0.2, 0) is 5.75 Å². The Kier molecular flexibility index (Phi) is 5.69. The molecule has 0 unspecified atom stereocenters. The Morgan fingerprint density at radius 2 is 2.00 bits per heavy atom. The number of hydrogen-bond donors (Lipinski definition) is 0. The fourth-order valence-corrected chi connectivity index (χ4v) is 3.72. The van der Waals surface area contributed by atoms with E-state index in [4.69, 9.17) is 11.6 Å². The average molecular weight is 386 g/mol. The molecule has 1 heterocycles. The lowest BCUT2D eigenvalue weighted by molar-refractivity contribution is 0.0827. The first-order valence-electron chi connectivity index (χ1n) is 8.19. The fourth-order valence-electron chi connectivity index (χ4n) is 2.64. The molecule has 0 aliphatic carbocycles. The van der Waals surface area contributed by atoms with Crippen LogP contribution in [0, 0.1) is 6.92 Å². The third-order valence-corrected chi connectivity index (χ3v) is 5.50. The van der Waals surface area contributed by atoms with E-state index >= 15 is 0 Å². The zero-order valence-electron chi connectivity index (χ0n) is 14.9. The Hall–Kier alpha value is -2.24. The second kappa shape index (κ2) is 7.98. The van der Waals surface area contributed by atoms with Gasteiger partial charge in [-0.25, -0.2) is 4.98 Å². The number of aromatic nitrogens is 2. The van der Waals surface area contributed by atoms with E-state index in [-0.39, 0.29) is 5.91 Å². The van der Waals surface area contributed by atoms with E-state index in [0.717, 1.165) is 32.7 Å². The molecule has 2 aromatic carbocycles. The molecule has 1 aromatic heterocycles. The first-order valence-corrected chi connectivity index (χ1v) is 9.56. The minimum absolute atomic E-state index is 0.00732. The van der Waals surface area contributed by atoms with Crippen LogP contribution in [0.25, 0.3) is 5.69 Å². The molecule has 0 saturated heterocycles. The summed E-state index contributed by atoms with van der Waals surface area (Å²) in [5, 5.41) is 1.63. The SMILES string of the molecule is Cc1c(Cl)cccc1-n1ccnc1SCc1cccc(C(=O)N(C)C)c1. The molecule has 0 radical (unpaired) electrons. The summed E-state index contributed by atoms with van der Waals surface area (Å²) in [4.78, 5) is 18.2. The van der Waals surface area contributed by atoms with Crippen LogP contribution in [0.3, 0.4) is 0 Å². The van der Waals surface area contributed by atoms with Crippen LogP contribution < -0.4 is 0 Å². The normalized spacial score (nSPS) is 10.8. The quantitative estimate of drug-likeness (QED) is 0.590. The van der Waals surface area contributed by atoms with E-state index in [2.05, 4.69) is 4.98 Å². The van der Waals surface area contributed by atoms with E-state index in [1.165, 1.54) is 0 Å². The second-order valence-electron chi connectivity index (χ2n) is 6.15. The van der Waals surface area contributed by atoms with Gasteiger partial charge < -0.3 is 4.90 Å². The third kappa shape index (κ3) is 3.94. The molecule has 0 aliphatic heterocycles. The van der Waals surface area contributed by atoms with Crippen molar-refractivity contribution in [2.75, 3.05) is 14.1 Å². The molecule has 6 heteroatoms. The number of halogens is 1. The maximum absolute atomic E-state index is 12.1. The first-order chi connectivity index (χ1) is 12.5. The van der Waals surface area contributed by atoms with E-state index in [1.54, 1.807) is 37.0 Å². The number of thioether (sulfide) groups is 1. The number of carbonyl (C=O) groups excluding carboxylic acids is 1. The molecule has 0 bridgehead atoms. The number of rotatable bonds is 5. The topological polar surface area (TPSA) is 38.1 Å². The van der Waals surface area contributed by atoms with Crippen LogP contribution in [0.15, 0.2) is 60.0 Å². The highest BCUT2D eigenvalue weighted by Gasteiger charge is 2.12. The van der Waals surface area contributed by atoms with E-state index in [1.807, 2.05) is 60.2 Å². The highest BCUT2D eigenvalue weighted by molar-refractivity contribution is 7.98. The highest BCUT2D eigenvalue weighted by Crippen LogP contribution is 2.28. The molecule has 3 rings (SSSR count). The summed E-state index contributed by atoms with van der Waals surface area (Å²) in [5.41, 5.74) is 3.82. The van der Waals surface area contributed by atoms with Crippen molar-refractivity contribution in [3.63, 3.8) is 0 Å². The van der Waals surface area contributed by atoms with E-state index < -0.39 is 0 Å². The summed E-state index contributed by atoms with van der Waals surface area (Å²) < 4.78 is 2.04. The summed E-state index contributed by atoms with van der Waals surface area (Å²) in [7, 11) is 3.52. The number of imidazole rings is 1. The van der Waals surface area contributed by atoms with Gasteiger partial charge in [-0.1, -0.05) is 41.6 Å². The molecule has 0 saturated carbocycles. The van der Waals surface area contributed by atoms with Crippen molar-refractivity contribution in [2.45, 2.75) is 17.8 Å². The number of carbonyl (C=O) groups is 1. The Bertz CT molecular complexity index is 936. The molecule has 134 valence electrons. The molecule has 0 fully saturated rings. The highest BCUT2D eigenvalue weighted by atomic mass is 35.5. The minimum Gasteiger partial charge on any atom is -0.345 e. The van der Waals surface area contributed by atoms with Crippen molar-refractivity contribution in [3.05, 3.63) is 76.6 Å². The Labute approximate surface area is 162 Å². The molecular formula is C20H20ClN3OS. The maximum Gasteiger partial charge on any atom is 0.253 e. The van der Waals surface area contributed by atoms with Crippen molar-refractivity contribution in [2.24, 2.45) is 0 Å². The van der Waals surface area contributed by atoms with Gasteiger partial charge in [0.15, 0.2) is 5.16 Å². The smallest absolute Gasteiger partial charge is 0.253 e. The number of amides is 1. The molecule has 0 N–H and O–H groups in total. The maximum atomic E-state index is 12.1. The molecule has 26 heavy (non-hydrogen) atoms. The van der Waals surface area contributed by atoms with Crippen LogP contribution in [0.4, 0.5) is 0 Å². The first kappa shape index (κ1) is 18.5. The zero-order chi connectivity index (χ0) is 18.7. The Balaban J connectivity index is 1.80. The van der Waals surface area contributed by atoms with Crippen LogP contribution in [0.1, 0.15) is 21.5 Å². The summed E-state index contributed by atoms with van der Waals surface area (Å²) >= 11 is 7.88. The summed E-state index contributed by atoms with van der Waals surface area (Å²) in [6, 6.07) is 13.6. The van der Waals surface area contributed by atoms with E-state index in [9.17, 15) is 4.79 Å². The van der Waals surface area contributed by atoms with Crippen molar-refractivity contribution in [1.29, 1.82) is 0 Å². The molecule has 3 aromatic rings. The molecule has 0 atom stereocenters. The van der Waals surface area contributed by atoms with Gasteiger partial charge in [-0.05, 0) is 42.3 Å². The van der Waals surface area contributed by atoms with Crippen LogP contribution in [-0.4, -0.2) is 34.5 Å². The van der Waals surface area contributed by atoms with Gasteiger partial charge in [0.1, 0.15) is 0 Å². The molecule has 4 nitrogen and oxygen atoms in total.